The first kappa shape index (κ1) is 9.23. The molecule has 0 aromatic carbocycles. The molecule has 0 bridgehead atoms. The number of aryl methyl sites for hydroxylation is 2. The highest BCUT2D eigenvalue weighted by Crippen LogP contribution is 2.04. The second kappa shape index (κ2) is 4.24. The Kier molecular flexibility index (Phi) is 3.26. The first-order valence-corrected chi connectivity index (χ1v) is 4.37. The fourth-order valence-electron chi connectivity index (χ4n) is 1.16. The minimum absolute atomic E-state index is 0.868. The molecule has 0 amide bonds. The Hall–Kier alpha value is -0.855. The van der Waals surface area contributed by atoms with Crippen LogP contribution in [0.3, 0.4) is 0 Å². The van der Waals surface area contributed by atoms with Gasteiger partial charge in [-0.1, -0.05) is 13.7 Å². The van der Waals surface area contributed by atoms with E-state index in [-0.39, 0.29) is 0 Å². The van der Waals surface area contributed by atoms with E-state index in [0.717, 1.165) is 18.6 Å². The van der Waals surface area contributed by atoms with Crippen LogP contribution in [0.2, 0.25) is 6.82 Å². The van der Waals surface area contributed by atoms with Gasteiger partial charge >= 0.3 is 0 Å². The van der Waals surface area contributed by atoms with Crippen molar-refractivity contribution in [2.45, 2.75) is 33.4 Å². The topological polar surface area (TPSA) is 25.8 Å². The van der Waals surface area contributed by atoms with E-state index in [2.05, 4.69) is 31.1 Å². The Morgan fingerprint density at radius 2 is 2.25 bits per heavy atom. The summed E-state index contributed by atoms with van der Waals surface area (Å²) in [5.41, 5.74) is 2.36. The lowest BCUT2D eigenvalue weighted by Crippen LogP contribution is -2.03. The summed E-state index contributed by atoms with van der Waals surface area (Å²) in [6.07, 6.45) is 3.77. The molecule has 3 heteroatoms. The van der Waals surface area contributed by atoms with Gasteiger partial charge in [-0.25, -0.2) is 9.97 Å². The molecule has 1 heterocycles. The van der Waals surface area contributed by atoms with Crippen LogP contribution >= 0.6 is 0 Å². The van der Waals surface area contributed by atoms with Crippen LogP contribution in [0.4, 0.5) is 0 Å². The zero-order chi connectivity index (χ0) is 8.97. The predicted molar refractivity (Wildman–Crippen MR) is 51.5 cm³/mol. The quantitative estimate of drug-likeness (QED) is 0.629. The molecule has 12 heavy (non-hydrogen) atoms. The lowest BCUT2D eigenvalue weighted by atomic mass is 9.78. The van der Waals surface area contributed by atoms with E-state index in [1.54, 1.807) is 0 Å². The molecular formula is C9H14BN2. The second-order valence-electron chi connectivity index (χ2n) is 2.88. The van der Waals surface area contributed by atoms with Crippen molar-refractivity contribution in [2.75, 3.05) is 0 Å². The van der Waals surface area contributed by atoms with Crippen LogP contribution in [0.15, 0.2) is 6.20 Å². The molecule has 1 rings (SSSR count). The number of rotatable bonds is 3. The maximum Gasteiger partial charge on any atom is 0.120 e. The summed E-state index contributed by atoms with van der Waals surface area (Å²) in [6.45, 7) is 6.20. The van der Waals surface area contributed by atoms with Crippen molar-refractivity contribution >= 4 is 7.28 Å². The first-order chi connectivity index (χ1) is 5.77. The highest BCUT2D eigenvalue weighted by atomic mass is 14.9. The van der Waals surface area contributed by atoms with Gasteiger partial charge in [-0.2, -0.15) is 0 Å². The van der Waals surface area contributed by atoms with Gasteiger partial charge in [-0.3, -0.25) is 0 Å². The van der Waals surface area contributed by atoms with Gasteiger partial charge in [-0.05, 0) is 25.2 Å². The van der Waals surface area contributed by atoms with Gasteiger partial charge in [0.05, 0.1) is 0 Å². The van der Waals surface area contributed by atoms with Crippen LogP contribution < -0.4 is 0 Å². The molecular weight excluding hydrogens is 147 g/mol. The van der Waals surface area contributed by atoms with Crippen molar-refractivity contribution in [1.29, 1.82) is 0 Å². The van der Waals surface area contributed by atoms with Crippen LogP contribution in [0.1, 0.15) is 24.0 Å². The molecule has 0 unspecified atom stereocenters. The van der Waals surface area contributed by atoms with Crippen molar-refractivity contribution in [2.24, 2.45) is 0 Å². The highest BCUT2D eigenvalue weighted by molar-refractivity contribution is 6.32. The summed E-state index contributed by atoms with van der Waals surface area (Å²) >= 11 is 0. The van der Waals surface area contributed by atoms with E-state index in [4.69, 9.17) is 0 Å². The molecule has 1 radical (unpaired) electrons. The summed E-state index contributed by atoms with van der Waals surface area (Å²) in [5.74, 6) is 0.931. The Bertz CT molecular complexity index is 261. The van der Waals surface area contributed by atoms with Gasteiger partial charge in [-0.15, -0.1) is 0 Å². The van der Waals surface area contributed by atoms with Gasteiger partial charge in [0.15, 0.2) is 0 Å². The Morgan fingerprint density at radius 3 is 2.83 bits per heavy atom. The number of hydrogen-bond donors (Lipinski definition) is 0. The van der Waals surface area contributed by atoms with E-state index < -0.39 is 0 Å². The molecule has 1 aromatic rings. The van der Waals surface area contributed by atoms with E-state index >= 15 is 0 Å². The van der Waals surface area contributed by atoms with Crippen LogP contribution in [0, 0.1) is 6.92 Å². The molecule has 0 N–H and O–H groups in total. The maximum atomic E-state index is 4.44. The molecule has 0 spiro atoms. The molecule has 0 aliphatic rings. The third-order valence-electron chi connectivity index (χ3n) is 1.85. The van der Waals surface area contributed by atoms with E-state index in [0.29, 0.717) is 0 Å². The van der Waals surface area contributed by atoms with Crippen LogP contribution in [-0.2, 0) is 12.7 Å². The average Bonchev–Trinajstić information content (AvgIpc) is 2.09. The van der Waals surface area contributed by atoms with Gasteiger partial charge in [0, 0.05) is 11.9 Å². The summed E-state index contributed by atoms with van der Waals surface area (Å²) in [4.78, 5) is 8.67. The zero-order valence-corrected chi connectivity index (χ0v) is 7.96. The molecule has 1 aromatic heterocycles. The summed E-state index contributed by atoms with van der Waals surface area (Å²) in [7, 11) is 2.07. The summed E-state index contributed by atoms with van der Waals surface area (Å²) < 4.78 is 0. The summed E-state index contributed by atoms with van der Waals surface area (Å²) in [6, 6.07) is 0. The van der Waals surface area contributed by atoms with Crippen LogP contribution in [0.5, 0.6) is 0 Å². The van der Waals surface area contributed by atoms with Crippen molar-refractivity contribution < 1.29 is 0 Å². The van der Waals surface area contributed by atoms with E-state index in [9.17, 15) is 0 Å². The normalized spacial score (nSPS) is 9.92. The molecule has 0 atom stereocenters. The lowest BCUT2D eigenvalue weighted by molar-refractivity contribution is 0.913. The largest absolute Gasteiger partial charge is 0.242 e. The number of hydrogen-bond acceptors (Lipinski definition) is 2. The minimum atomic E-state index is 0.868. The van der Waals surface area contributed by atoms with Gasteiger partial charge in [0.1, 0.15) is 13.1 Å². The SMILES string of the molecule is C[B]Cc1ncc(C)c(CC)n1. The van der Waals surface area contributed by atoms with Crippen molar-refractivity contribution in [3.63, 3.8) is 0 Å². The smallest absolute Gasteiger partial charge is 0.120 e. The molecule has 0 saturated carbocycles. The lowest BCUT2D eigenvalue weighted by Gasteiger charge is -2.03. The fourth-order valence-corrected chi connectivity index (χ4v) is 1.16. The van der Waals surface area contributed by atoms with Crippen LogP contribution in [-0.4, -0.2) is 17.2 Å². The number of aromatic nitrogens is 2. The van der Waals surface area contributed by atoms with Gasteiger partial charge in [0.2, 0.25) is 0 Å². The van der Waals surface area contributed by atoms with Crippen molar-refractivity contribution in [3.8, 4) is 0 Å². The standard InChI is InChI=1S/C9H14BN2/c1-4-8-7(2)6-11-9(12-8)5-10-3/h6H,4-5H2,1-3H3. The highest BCUT2D eigenvalue weighted by Gasteiger charge is 2.00. The Morgan fingerprint density at radius 1 is 1.50 bits per heavy atom. The van der Waals surface area contributed by atoms with Crippen molar-refractivity contribution in [3.05, 3.63) is 23.3 Å². The van der Waals surface area contributed by atoms with Crippen molar-refractivity contribution in [1.82, 2.24) is 9.97 Å². The van der Waals surface area contributed by atoms with E-state index in [1.165, 1.54) is 11.3 Å². The molecule has 0 fully saturated rings. The second-order valence-corrected chi connectivity index (χ2v) is 2.88. The fraction of sp³-hybridized carbons (Fsp3) is 0.556. The Labute approximate surface area is 74.7 Å². The van der Waals surface area contributed by atoms with Gasteiger partial charge in [0.25, 0.3) is 0 Å². The molecule has 63 valence electrons. The van der Waals surface area contributed by atoms with E-state index in [1.807, 2.05) is 13.0 Å². The summed E-state index contributed by atoms with van der Waals surface area (Å²) in [5, 5.41) is 0. The van der Waals surface area contributed by atoms with Gasteiger partial charge < -0.3 is 0 Å². The molecule has 0 saturated heterocycles. The monoisotopic (exact) mass is 161 g/mol. The minimum Gasteiger partial charge on any atom is -0.242 e. The molecule has 2 nitrogen and oxygen atoms in total. The first-order valence-electron chi connectivity index (χ1n) is 4.37. The average molecular weight is 161 g/mol. The zero-order valence-electron chi connectivity index (χ0n) is 7.96. The number of nitrogens with zero attached hydrogens (tertiary/aromatic N) is 2. The third-order valence-corrected chi connectivity index (χ3v) is 1.85. The maximum absolute atomic E-state index is 4.44. The third kappa shape index (κ3) is 2.06. The predicted octanol–water partition coefficient (Wildman–Crippen LogP) is 1.60. The molecule has 0 aliphatic carbocycles. The van der Waals surface area contributed by atoms with Crippen LogP contribution in [0.25, 0.3) is 0 Å². The molecule has 0 aliphatic heterocycles. The Balaban J connectivity index is 2.89.